The molecule has 3 rings (SSSR count). The van der Waals surface area contributed by atoms with E-state index in [4.69, 9.17) is 4.74 Å². The van der Waals surface area contributed by atoms with Crippen molar-refractivity contribution in [3.05, 3.63) is 71.3 Å². The molecule has 2 aromatic carbocycles. The van der Waals surface area contributed by atoms with Crippen molar-refractivity contribution in [2.24, 2.45) is 0 Å². The third-order valence-electron chi connectivity index (χ3n) is 4.03. The van der Waals surface area contributed by atoms with Crippen LogP contribution in [0.5, 0.6) is 0 Å². The molecule has 1 aliphatic heterocycles. The minimum atomic E-state index is -0.0434. The molecule has 1 fully saturated rings. The van der Waals surface area contributed by atoms with Crippen molar-refractivity contribution in [2.75, 3.05) is 19.7 Å². The van der Waals surface area contributed by atoms with Gasteiger partial charge in [0.2, 0.25) is 0 Å². The highest BCUT2D eigenvalue weighted by atomic mass is 16.5. The van der Waals surface area contributed by atoms with Gasteiger partial charge < -0.3 is 9.64 Å². The van der Waals surface area contributed by atoms with E-state index in [0.717, 1.165) is 29.7 Å². The lowest BCUT2D eigenvalue weighted by molar-refractivity contribution is 0.0472. The number of hydrogen-bond donors (Lipinski definition) is 0. The summed E-state index contributed by atoms with van der Waals surface area (Å²) < 4.78 is 5.93. The molecule has 1 saturated heterocycles. The molecule has 0 N–H and O–H groups in total. The van der Waals surface area contributed by atoms with Crippen molar-refractivity contribution in [3.8, 4) is 0 Å². The lowest BCUT2D eigenvalue weighted by Crippen LogP contribution is -2.34. The maximum absolute atomic E-state index is 12.7. The number of hydrogen-bond acceptors (Lipinski definition) is 2. The largest absolute Gasteiger partial charge is 0.372 e. The van der Waals surface area contributed by atoms with Gasteiger partial charge in [0.15, 0.2) is 0 Å². The van der Waals surface area contributed by atoms with E-state index >= 15 is 0 Å². The van der Waals surface area contributed by atoms with Crippen molar-refractivity contribution >= 4 is 5.91 Å². The normalized spacial score (nSPS) is 18.8. The van der Waals surface area contributed by atoms with Gasteiger partial charge in [0, 0.05) is 18.7 Å². The van der Waals surface area contributed by atoms with Crippen LogP contribution in [-0.4, -0.2) is 30.5 Å². The molecule has 3 heteroatoms. The zero-order chi connectivity index (χ0) is 15.4. The van der Waals surface area contributed by atoms with Crippen molar-refractivity contribution in [1.82, 2.24) is 4.90 Å². The summed E-state index contributed by atoms with van der Waals surface area (Å²) in [7, 11) is 0. The molecular weight excluding hydrogens is 274 g/mol. The summed E-state index contributed by atoms with van der Waals surface area (Å²) in [4.78, 5) is 14.6. The van der Waals surface area contributed by atoms with Crippen LogP contribution >= 0.6 is 0 Å². The Bertz CT molecular complexity index is 622. The summed E-state index contributed by atoms with van der Waals surface area (Å²) in [5.41, 5.74) is 3.04. The van der Waals surface area contributed by atoms with Crippen molar-refractivity contribution in [2.45, 2.75) is 19.4 Å². The van der Waals surface area contributed by atoms with Gasteiger partial charge in [-0.1, -0.05) is 48.0 Å². The van der Waals surface area contributed by atoms with Crippen molar-refractivity contribution in [3.63, 3.8) is 0 Å². The van der Waals surface area contributed by atoms with Gasteiger partial charge in [-0.15, -0.1) is 0 Å². The van der Waals surface area contributed by atoms with Gasteiger partial charge in [-0.05, 0) is 31.0 Å². The molecule has 1 aliphatic rings. The first-order chi connectivity index (χ1) is 10.7. The second kappa shape index (κ2) is 6.75. The van der Waals surface area contributed by atoms with Crippen LogP contribution in [0.15, 0.2) is 54.6 Å². The molecule has 0 saturated carbocycles. The van der Waals surface area contributed by atoms with E-state index in [-0.39, 0.29) is 12.0 Å². The first-order valence-electron chi connectivity index (χ1n) is 7.76. The van der Waals surface area contributed by atoms with Gasteiger partial charge in [0.1, 0.15) is 6.10 Å². The summed E-state index contributed by atoms with van der Waals surface area (Å²) in [5, 5.41) is 0. The molecule has 0 aliphatic carbocycles. The van der Waals surface area contributed by atoms with Gasteiger partial charge in [-0.3, -0.25) is 4.79 Å². The van der Waals surface area contributed by atoms with E-state index in [9.17, 15) is 4.79 Å². The van der Waals surface area contributed by atoms with Crippen LogP contribution < -0.4 is 0 Å². The summed E-state index contributed by atoms with van der Waals surface area (Å²) in [6, 6.07) is 17.9. The highest BCUT2D eigenvalue weighted by molar-refractivity contribution is 5.94. The van der Waals surface area contributed by atoms with Crippen molar-refractivity contribution in [1.29, 1.82) is 0 Å². The minimum Gasteiger partial charge on any atom is -0.372 e. The molecule has 22 heavy (non-hydrogen) atoms. The van der Waals surface area contributed by atoms with Crippen LogP contribution in [0.1, 0.15) is 34.0 Å². The Morgan fingerprint density at radius 1 is 1.09 bits per heavy atom. The highest BCUT2D eigenvalue weighted by Crippen LogP contribution is 2.22. The van der Waals surface area contributed by atoms with Crippen molar-refractivity contribution < 1.29 is 9.53 Å². The van der Waals surface area contributed by atoms with E-state index < -0.39 is 0 Å². The molecule has 0 aromatic heterocycles. The first kappa shape index (κ1) is 14.8. The molecule has 1 unspecified atom stereocenters. The summed E-state index contributed by atoms with van der Waals surface area (Å²) in [6.07, 6.45) is 0.833. The number of ether oxygens (including phenoxy) is 1. The van der Waals surface area contributed by atoms with Crippen LogP contribution in [0.25, 0.3) is 0 Å². The molecule has 1 heterocycles. The molecule has 114 valence electrons. The van der Waals surface area contributed by atoms with Gasteiger partial charge in [-0.25, -0.2) is 0 Å². The summed E-state index contributed by atoms with van der Waals surface area (Å²) >= 11 is 0. The number of aryl methyl sites for hydroxylation is 1. The predicted octanol–water partition coefficient (Wildman–Crippen LogP) is 3.60. The second-order valence-electron chi connectivity index (χ2n) is 5.74. The number of carbonyl (C=O) groups is 1. The van der Waals surface area contributed by atoms with Crippen LogP contribution in [0.3, 0.4) is 0 Å². The topological polar surface area (TPSA) is 29.5 Å². The number of nitrogens with zero attached hydrogens (tertiary/aromatic N) is 1. The Morgan fingerprint density at radius 3 is 2.55 bits per heavy atom. The van der Waals surface area contributed by atoms with Crippen LogP contribution in [0.2, 0.25) is 0 Å². The lowest BCUT2D eigenvalue weighted by Gasteiger charge is -2.24. The Morgan fingerprint density at radius 2 is 1.82 bits per heavy atom. The standard InChI is InChI=1S/C19H21NO2/c1-15-8-10-17(11-9-15)19(21)20-12-5-13-22-18(14-20)16-6-3-2-4-7-16/h2-4,6-11,18H,5,12-14H2,1H3. The van der Waals surface area contributed by atoms with Crippen LogP contribution in [0, 0.1) is 6.92 Å². The molecular formula is C19H21NO2. The van der Waals surface area contributed by atoms with Gasteiger partial charge in [0.25, 0.3) is 5.91 Å². The Kier molecular flexibility index (Phi) is 4.54. The first-order valence-corrected chi connectivity index (χ1v) is 7.76. The summed E-state index contributed by atoms with van der Waals surface area (Å²) in [5.74, 6) is 0.0893. The Hall–Kier alpha value is -2.13. The van der Waals surface area contributed by atoms with Gasteiger partial charge in [0.05, 0.1) is 6.54 Å². The zero-order valence-corrected chi connectivity index (χ0v) is 12.9. The maximum Gasteiger partial charge on any atom is 0.253 e. The molecule has 0 bridgehead atoms. The number of rotatable bonds is 2. The van der Waals surface area contributed by atoms with E-state index in [1.54, 1.807) is 0 Å². The number of carbonyl (C=O) groups excluding carboxylic acids is 1. The fraction of sp³-hybridized carbons (Fsp3) is 0.316. The molecule has 0 spiro atoms. The molecule has 1 amide bonds. The minimum absolute atomic E-state index is 0.0434. The quantitative estimate of drug-likeness (QED) is 0.847. The SMILES string of the molecule is Cc1ccc(C(=O)N2CCCOC(c3ccccc3)C2)cc1. The fourth-order valence-corrected chi connectivity index (χ4v) is 2.76. The van der Waals surface area contributed by atoms with E-state index in [1.807, 2.05) is 54.3 Å². The average Bonchev–Trinajstić information content (AvgIpc) is 2.82. The monoisotopic (exact) mass is 295 g/mol. The highest BCUT2D eigenvalue weighted by Gasteiger charge is 2.24. The van der Waals surface area contributed by atoms with E-state index in [0.29, 0.717) is 13.2 Å². The lowest BCUT2D eigenvalue weighted by atomic mass is 10.1. The number of benzene rings is 2. The summed E-state index contributed by atoms with van der Waals surface area (Å²) in [6.45, 7) is 4.07. The third-order valence-corrected chi connectivity index (χ3v) is 4.03. The zero-order valence-electron chi connectivity index (χ0n) is 12.9. The van der Waals surface area contributed by atoms with Gasteiger partial charge in [-0.2, -0.15) is 0 Å². The fourth-order valence-electron chi connectivity index (χ4n) is 2.76. The second-order valence-corrected chi connectivity index (χ2v) is 5.74. The van der Waals surface area contributed by atoms with Crippen LogP contribution in [0.4, 0.5) is 0 Å². The molecule has 2 aromatic rings. The average molecular weight is 295 g/mol. The molecule has 3 nitrogen and oxygen atoms in total. The predicted molar refractivity (Wildman–Crippen MR) is 86.8 cm³/mol. The molecule has 1 atom stereocenters. The smallest absolute Gasteiger partial charge is 0.253 e. The Labute approximate surface area is 131 Å². The number of amides is 1. The van der Waals surface area contributed by atoms with E-state index in [1.165, 1.54) is 0 Å². The van der Waals surface area contributed by atoms with Gasteiger partial charge >= 0.3 is 0 Å². The Balaban J connectivity index is 1.78. The third kappa shape index (κ3) is 3.37. The molecule has 0 radical (unpaired) electrons. The van der Waals surface area contributed by atoms with E-state index in [2.05, 4.69) is 12.1 Å². The maximum atomic E-state index is 12.7. The van der Waals surface area contributed by atoms with Crippen LogP contribution in [-0.2, 0) is 4.74 Å².